The van der Waals surface area contributed by atoms with Crippen LogP contribution in [0.4, 0.5) is 4.39 Å². The number of benzene rings is 1. The number of hydrogen-bond donors (Lipinski definition) is 1. The summed E-state index contributed by atoms with van der Waals surface area (Å²) in [5.74, 6) is -0.218. The van der Waals surface area contributed by atoms with Crippen LogP contribution in [-0.2, 0) is 0 Å². The van der Waals surface area contributed by atoms with E-state index in [0.29, 0.717) is 12.6 Å². The maximum absolute atomic E-state index is 13.1. The summed E-state index contributed by atoms with van der Waals surface area (Å²) in [4.78, 5) is 2.35. The van der Waals surface area contributed by atoms with Gasteiger partial charge in [-0.2, -0.15) is 0 Å². The van der Waals surface area contributed by atoms with Crippen molar-refractivity contribution in [3.8, 4) is 0 Å². The maximum atomic E-state index is 13.1. The summed E-state index contributed by atoms with van der Waals surface area (Å²) >= 11 is 3.44. The average Bonchev–Trinajstić information content (AvgIpc) is 2.86. The molecule has 0 spiro atoms. The predicted octanol–water partition coefficient (Wildman–Crippen LogP) is 3.46. The van der Waals surface area contributed by atoms with Gasteiger partial charge in [-0.15, -0.1) is 0 Å². The van der Waals surface area contributed by atoms with E-state index in [1.165, 1.54) is 37.8 Å². The number of likely N-dealkylation sites (N-methyl/N-ethyl adjacent to an activating group) is 1. The van der Waals surface area contributed by atoms with E-state index in [0.717, 1.165) is 10.0 Å². The van der Waals surface area contributed by atoms with Gasteiger partial charge in [-0.05, 0) is 37.6 Å². The minimum Gasteiger partial charge on any atom is -0.329 e. The summed E-state index contributed by atoms with van der Waals surface area (Å²) in [6.45, 7) is 0.553. The summed E-state index contributed by atoms with van der Waals surface area (Å²) < 4.78 is 14.0. The summed E-state index contributed by atoms with van der Waals surface area (Å²) in [6.07, 6.45) is 5.09. The van der Waals surface area contributed by atoms with Crippen molar-refractivity contribution in [3.05, 3.63) is 34.1 Å². The van der Waals surface area contributed by atoms with E-state index in [2.05, 4.69) is 27.9 Å². The Kier molecular flexibility index (Phi) is 4.76. The van der Waals surface area contributed by atoms with E-state index in [-0.39, 0.29) is 11.9 Å². The first kappa shape index (κ1) is 14.0. The van der Waals surface area contributed by atoms with Crippen molar-refractivity contribution < 1.29 is 4.39 Å². The fourth-order valence-electron chi connectivity index (χ4n) is 2.85. The first-order valence-corrected chi connectivity index (χ1v) is 7.29. The molecule has 1 aromatic carbocycles. The number of nitrogens with zero attached hydrogens (tertiary/aromatic N) is 1. The van der Waals surface area contributed by atoms with Crippen LogP contribution >= 0.6 is 15.9 Å². The van der Waals surface area contributed by atoms with Crippen molar-refractivity contribution in [2.24, 2.45) is 5.73 Å². The van der Waals surface area contributed by atoms with E-state index in [1.54, 1.807) is 0 Å². The molecule has 0 heterocycles. The molecule has 18 heavy (non-hydrogen) atoms. The molecule has 1 atom stereocenters. The lowest BCUT2D eigenvalue weighted by Crippen LogP contribution is -2.37. The molecule has 1 aromatic rings. The summed E-state index contributed by atoms with van der Waals surface area (Å²) in [7, 11) is 2.13. The van der Waals surface area contributed by atoms with E-state index in [1.807, 2.05) is 6.07 Å². The molecule has 1 saturated carbocycles. The van der Waals surface area contributed by atoms with E-state index in [4.69, 9.17) is 5.73 Å². The first-order chi connectivity index (χ1) is 8.63. The van der Waals surface area contributed by atoms with E-state index >= 15 is 0 Å². The van der Waals surface area contributed by atoms with Crippen molar-refractivity contribution in [2.45, 2.75) is 37.8 Å². The maximum Gasteiger partial charge on any atom is 0.124 e. The van der Waals surface area contributed by atoms with Gasteiger partial charge >= 0.3 is 0 Å². The van der Waals surface area contributed by atoms with Gasteiger partial charge < -0.3 is 5.73 Å². The fraction of sp³-hybridized carbons (Fsp3) is 0.571. The van der Waals surface area contributed by atoms with Crippen LogP contribution in [0, 0.1) is 5.82 Å². The zero-order valence-electron chi connectivity index (χ0n) is 10.7. The minimum atomic E-state index is -0.218. The molecular formula is C14H20BrFN2. The van der Waals surface area contributed by atoms with Gasteiger partial charge in [0.1, 0.15) is 5.82 Å². The lowest BCUT2D eigenvalue weighted by atomic mass is 10.0. The third kappa shape index (κ3) is 2.92. The molecule has 1 fully saturated rings. The topological polar surface area (TPSA) is 29.3 Å². The predicted molar refractivity (Wildman–Crippen MR) is 75.9 cm³/mol. The Balaban J connectivity index is 2.21. The zero-order chi connectivity index (χ0) is 13.1. The highest BCUT2D eigenvalue weighted by Gasteiger charge is 2.26. The van der Waals surface area contributed by atoms with Crippen LogP contribution in [0.2, 0.25) is 0 Å². The molecule has 1 aliphatic rings. The molecule has 2 nitrogen and oxygen atoms in total. The molecule has 0 radical (unpaired) electrons. The smallest absolute Gasteiger partial charge is 0.124 e. The third-order valence-corrected chi connectivity index (χ3v) is 4.62. The van der Waals surface area contributed by atoms with Gasteiger partial charge in [0.2, 0.25) is 0 Å². The molecule has 2 N–H and O–H groups in total. The summed E-state index contributed by atoms with van der Waals surface area (Å²) in [5.41, 5.74) is 7.00. The van der Waals surface area contributed by atoms with Gasteiger partial charge in [0.25, 0.3) is 0 Å². The van der Waals surface area contributed by atoms with Gasteiger partial charge in [-0.3, -0.25) is 4.90 Å². The standard InChI is InChI=1S/C14H20BrFN2/c1-18(11-4-2-3-5-11)14(9-17)12-7-6-10(16)8-13(12)15/h6-8,11,14H,2-5,9,17H2,1H3. The van der Waals surface area contributed by atoms with Gasteiger partial charge in [0.15, 0.2) is 0 Å². The third-order valence-electron chi connectivity index (χ3n) is 3.94. The average molecular weight is 315 g/mol. The minimum absolute atomic E-state index is 0.156. The van der Waals surface area contributed by atoms with Crippen LogP contribution in [0.3, 0.4) is 0 Å². The van der Waals surface area contributed by atoms with Crippen LogP contribution in [0.15, 0.2) is 22.7 Å². The second-order valence-electron chi connectivity index (χ2n) is 5.02. The van der Waals surface area contributed by atoms with Crippen molar-refractivity contribution in [3.63, 3.8) is 0 Å². The number of halogens is 2. The first-order valence-electron chi connectivity index (χ1n) is 6.50. The van der Waals surface area contributed by atoms with Crippen LogP contribution in [0.1, 0.15) is 37.3 Å². The quantitative estimate of drug-likeness (QED) is 0.922. The molecule has 2 rings (SSSR count). The van der Waals surface area contributed by atoms with Crippen molar-refractivity contribution in [1.29, 1.82) is 0 Å². The Morgan fingerprint density at radius 1 is 1.44 bits per heavy atom. The van der Waals surface area contributed by atoms with Crippen molar-refractivity contribution in [2.75, 3.05) is 13.6 Å². The second-order valence-corrected chi connectivity index (χ2v) is 5.88. The van der Waals surface area contributed by atoms with Crippen molar-refractivity contribution >= 4 is 15.9 Å². The molecule has 0 aliphatic heterocycles. The van der Waals surface area contributed by atoms with Crippen LogP contribution in [0.25, 0.3) is 0 Å². The molecule has 4 heteroatoms. The Labute approximate surface area is 116 Å². The molecule has 100 valence electrons. The van der Waals surface area contributed by atoms with Gasteiger partial charge in [-0.1, -0.05) is 34.8 Å². The molecule has 0 bridgehead atoms. The molecule has 1 aliphatic carbocycles. The van der Waals surface area contributed by atoms with E-state index < -0.39 is 0 Å². The highest BCUT2D eigenvalue weighted by Crippen LogP contribution is 2.32. The van der Waals surface area contributed by atoms with Gasteiger partial charge in [0, 0.05) is 23.1 Å². The van der Waals surface area contributed by atoms with Crippen molar-refractivity contribution in [1.82, 2.24) is 4.90 Å². The summed E-state index contributed by atoms with van der Waals surface area (Å²) in [5, 5.41) is 0. The monoisotopic (exact) mass is 314 g/mol. The molecule has 1 unspecified atom stereocenters. The number of nitrogens with two attached hydrogens (primary N) is 1. The molecule has 0 aromatic heterocycles. The largest absolute Gasteiger partial charge is 0.329 e. The summed E-state index contributed by atoms with van der Waals surface area (Å²) in [6, 6.07) is 5.62. The number of hydrogen-bond acceptors (Lipinski definition) is 2. The van der Waals surface area contributed by atoms with Gasteiger partial charge in [-0.25, -0.2) is 4.39 Å². The molecule has 0 saturated heterocycles. The van der Waals surface area contributed by atoms with Crippen LogP contribution in [0.5, 0.6) is 0 Å². The van der Waals surface area contributed by atoms with Crippen LogP contribution in [-0.4, -0.2) is 24.5 Å². The fourth-order valence-corrected chi connectivity index (χ4v) is 3.47. The highest BCUT2D eigenvalue weighted by molar-refractivity contribution is 9.10. The Morgan fingerprint density at radius 3 is 2.67 bits per heavy atom. The lowest BCUT2D eigenvalue weighted by molar-refractivity contribution is 0.179. The van der Waals surface area contributed by atoms with Crippen LogP contribution < -0.4 is 5.73 Å². The zero-order valence-corrected chi connectivity index (χ0v) is 12.3. The van der Waals surface area contributed by atoms with E-state index in [9.17, 15) is 4.39 Å². The lowest BCUT2D eigenvalue weighted by Gasteiger charge is -2.33. The second kappa shape index (κ2) is 6.13. The Morgan fingerprint density at radius 2 is 2.11 bits per heavy atom. The molecule has 0 amide bonds. The van der Waals surface area contributed by atoms with Gasteiger partial charge in [0.05, 0.1) is 0 Å². The Hall–Kier alpha value is -0.450. The molecular weight excluding hydrogens is 295 g/mol. The SMILES string of the molecule is CN(C1CCCC1)C(CN)c1ccc(F)cc1Br. The normalized spacial score (nSPS) is 18.5. The Bertz CT molecular complexity index is 405. The highest BCUT2D eigenvalue weighted by atomic mass is 79.9. The number of rotatable bonds is 4.